The number of anilines is 3. The van der Waals surface area contributed by atoms with E-state index in [1.165, 1.54) is 0 Å². The highest BCUT2D eigenvalue weighted by atomic mass is 16.5. The number of likely N-dealkylation sites (N-methyl/N-ethyl adjacent to an activating group) is 1. The highest BCUT2D eigenvalue weighted by Gasteiger charge is 2.28. The smallest absolute Gasteiger partial charge is 0.243 e. The van der Waals surface area contributed by atoms with Crippen molar-refractivity contribution in [3.05, 3.63) is 0 Å². The zero-order valence-corrected chi connectivity index (χ0v) is 25.2. The summed E-state index contributed by atoms with van der Waals surface area (Å²) < 4.78 is 22.3. The minimum absolute atomic E-state index is 0.0253. The number of rotatable bonds is 19. The van der Waals surface area contributed by atoms with E-state index >= 15 is 0 Å². The quantitative estimate of drug-likeness (QED) is 0.239. The number of aromatic nitrogens is 4. The van der Waals surface area contributed by atoms with E-state index < -0.39 is 0 Å². The molecule has 0 saturated carbocycles. The molecule has 1 N–H and O–H groups in total. The number of amides is 1. The van der Waals surface area contributed by atoms with Gasteiger partial charge in [-0.1, -0.05) is 0 Å². The topological polar surface area (TPSA) is 139 Å². The number of fused-ring (bicyclic) bond motifs is 1. The Labute approximate surface area is 242 Å². The van der Waals surface area contributed by atoms with Gasteiger partial charge in [0.05, 0.1) is 33.0 Å². The van der Waals surface area contributed by atoms with Gasteiger partial charge in [0.2, 0.25) is 23.7 Å². The molecule has 0 unspecified atom stereocenters. The molecule has 0 bridgehead atoms. The highest BCUT2D eigenvalue weighted by molar-refractivity contribution is 5.93. The standard InChI is InChI=1S/C27H46N8O6/c1-6-38-16-12-33(13-17-39-7-2)26-29-23-22(24(30-26)35-11-10-32(5)21(36)20-35)28-27(31-25(23)37)34(14-18-40-8-3)15-19-41-9-4/h6-20H2,1-5H3,(H,28,31,37). The zero-order valence-electron chi connectivity index (χ0n) is 25.2. The van der Waals surface area contributed by atoms with Gasteiger partial charge in [0.25, 0.3) is 0 Å². The summed E-state index contributed by atoms with van der Waals surface area (Å²) in [6.07, 6.45) is 0. The molecule has 2 aromatic heterocycles. The first-order chi connectivity index (χ1) is 19.9. The molecule has 2 aromatic rings. The predicted octanol–water partition coefficient (Wildman–Crippen LogP) is 1.16. The Hall–Kier alpha value is -3.07. The van der Waals surface area contributed by atoms with Crippen LogP contribution in [0.2, 0.25) is 0 Å². The normalized spacial score (nSPS) is 13.8. The third-order valence-corrected chi connectivity index (χ3v) is 6.64. The van der Waals surface area contributed by atoms with Crippen molar-refractivity contribution in [1.29, 1.82) is 0 Å². The Balaban J connectivity index is 2.10. The maximum absolute atomic E-state index is 12.7. The van der Waals surface area contributed by atoms with Gasteiger partial charge < -0.3 is 43.7 Å². The molecule has 3 rings (SSSR count). The van der Waals surface area contributed by atoms with Crippen molar-refractivity contribution in [2.45, 2.75) is 27.7 Å². The Morgan fingerprint density at radius 2 is 1.17 bits per heavy atom. The lowest BCUT2D eigenvalue weighted by Crippen LogP contribution is -2.49. The number of piperazine rings is 1. The fourth-order valence-corrected chi connectivity index (χ4v) is 4.31. The van der Waals surface area contributed by atoms with Crippen LogP contribution in [0.25, 0.3) is 11.0 Å². The molecule has 0 radical (unpaired) electrons. The van der Waals surface area contributed by atoms with Crippen LogP contribution >= 0.6 is 0 Å². The number of aromatic hydroxyl groups is 1. The lowest BCUT2D eigenvalue weighted by Gasteiger charge is -2.34. The van der Waals surface area contributed by atoms with Gasteiger partial charge in [-0.05, 0) is 27.7 Å². The van der Waals surface area contributed by atoms with E-state index in [0.717, 1.165) is 0 Å². The molecule has 0 aromatic carbocycles. The van der Waals surface area contributed by atoms with Gasteiger partial charge in [0.15, 0.2) is 11.3 Å². The third kappa shape index (κ3) is 9.21. The summed E-state index contributed by atoms with van der Waals surface area (Å²) in [5.74, 6) is 0.884. The molecule has 1 amide bonds. The van der Waals surface area contributed by atoms with E-state index in [1.807, 2.05) is 42.4 Å². The van der Waals surface area contributed by atoms with Gasteiger partial charge in [-0.25, -0.2) is 9.97 Å². The van der Waals surface area contributed by atoms with Crippen LogP contribution < -0.4 is 14.7 Å². The third-order valence-electron chi connectivity index (χ3n) is 6.64. The lowest BCUT2D eigenvalue weighted by molar-refractivity contribution is -0.129. The van der Waals surface area contributed by atoms with Crippen LogP contribution in [-0.2, 0) is 23.7 Å². The van der Waals surface area contributed by atoms with E-state index in [0.29, 0.717) is 115 Å². The van der Waals surface area contributed by atoms with Crippen molar-refractivity contribution in [2.24, 2.45) is 0 Å². The SMILES string of the molecule is CCOCCN(CCOCC)c1nc(N2CCN(C)C(=O)C2)c2nc(N(CCOCC)CCOCC)nc(O)c2n1. The summed E-state index contributed by atoms with van der Waals surface area (Å²) in [5, 5.41) is 11.2. The molecule has 0 atom stereocenters. The fourth-order valence-electron chi connectivity index (χ4n) is 4.31. The molecule has 41 heavy (non-hydrogen) atoms. The highest BCUT2D eigenvalue weighted by Crippen LogP contribution is 2.32. The zero-order chi connectivity index (χ0) is 29.6. The molecule has 1 aliphatic heterocycles. The lowest BCUT2D eigenvalue weighted by atomic mass is 10.3. The average Bonchev–Trinajstić information content (AvgIpc) is 2.97. The minimum Gasteiger partial charge on any atom is -0.492 e. The Bertz CT molecular complexity index is 1070. The van der Waals surface area contributed by atoms with E-state index in [-0.39, 0.29) is 23.8 Å². The molecule has 3 heterocycles. The van der Waals surface area contributed by atoms with Crippen molar-refractivity contribution in [3.63, 3.8) is 0 Å². The molecule has 14 nitrogen and oxygen atoms in total. The van der Waals surface area contributed by atoms with Gasteiger partial charge >= 0.3 is 0 Å². The Morgan fingerprint density at radius 3 is 1.63 bits per heavy atom. The van der Waals surface area contributed by atoms with E-state index in [1.54, 1.807) is 11.9 Å². The molecule has 14 heteroatoms. The van der Waals surface area contributed by atoms with Crippen LogP contribution in [0.15, 0.2) is 0 Å². The molecule has 0 aliphatic carbocycles. The molecular weight excluding hydrogens is 532 g/mol. The molecule has 1 aliphatic rings. The van der Waals surface area contributed by atoms with Crippen molar-refractivity contribution in [3.8, 4) is 5.88 Å². The molecular formula is C27H46N8O6. The van der Waals surface area contributed by atoms with Gasteiger partial charge in [-0.3, -0.25) is 4.79 Å². The van der Waals surface area contributed by atoms with Crippen molar-refractivity contribution in [1.82, 2.24) is 24.8 Å². The van der Waals surface area contributed by atoms with Crippen LogP contribution in [0.3, 0.4) is 0 Å². The average molecular weight is 579 g/mol. The first kappa shape index (κ1) is 32.4. The van der Waals surface area contributed by atoms with Gasteiger partial charge in [-0.2, -0.15) is 9.97 Å². The maximum Gasteiger partial charge on any atom is 0.243 e. The summed E-state index contributed by atoms with van der Waals surface area (Å²) in [7, 11) is 1.78. The molecule has 1 fully saturated rings. The number of nitrogens with zero attached hydrogens (tertiary/aromatic N) is 8. The van der Waals surface area contributed by atoms with Crippen LogP contribution in [-0.4, -0.2) is 142 Å². The second kappa shape index (κ2) is 17.0. The summed E-state index contributed by atoms with van der Waals surface area (Å²) in [6.45, 7) is 15.3. The van der Waals surface area contributed by atoms with Crippen LogP contribution in [0.1, 0.15) is 27.7 Å². The summed E-state index contributed by atoms with van der Waals surface area (Å²) >= 11 is 0. The van der Waals surface area contributed by atoms with E-state index in [9.17, 15) is 9.90 Å². The van der Waals surface area contributed by atoms with Crippen LogP contribution in [0.5, 0.6) is 5.88 Å². The van der Waals surface area contributed by atoms with E-state index in [4.69, 9.17) is 33.9 Å². The Morgan fingerprint density at radius 1 is 0.707 bits per heavy atom. The van der Waals surface area contributed by atoms with E-state index in [2.05, 4.69) is 4.98 Å². The summed E-state index contributed by atoms with van der Waals surface area (Å²) in [5.41, 5.74) is 0.591. The Kier molecular flexibility index (Phi) is 13.5. The summed E-state index contributed by atoms with van der Waals surface area (Å²) in [4.78, 5) is 39.1. The predicted molar refractivity (Wildman–Crippen MR) is 157 cm³/mol. The first-order valence-corrected chi connectivity index (χ1v) is 14.5. The second-order valence-corrected chi connectivity index (χ2v) is 9.39. The van der Waals surface area contributed by atoms with Crippen molar-refractivity contribution < 1.29 is 28.8 Å². The van der Waals surface area contributed by atoms with Crippen LogP contribution in [0, 0.1) is 0 Å². The largest absolute Gasteiger partial charge is 0.492 e. The van der Waals surface area contributed by atoms with Crippen LogP contribution in [0.4, 0.5) is 17.7 Å². The fraction of sp³-hybridized carbons (Fsp3) is 0.741. The minimum atomic E-state index is -0.261. The van der Waals surface area contributed by atoms with Gasteiger partial charge in [0.1, 0.15) is 5.52 Å². The number of carbonyl (C=O) groups excluding carboxylic acids is 1. The number of hydrogen-bond acceptors (Lipinski definition) is 13. The monoisotopic (exact) mass is 578 g/mol. The van der Waals surface area contributed by atoms with Crippen molar-refractivity contribution >= 4 is 34.7 Å². The summed E-state index contributed by atoms with van der Waals surface area (Å²) in [6, 6.07) is 0. The van der Waals surface area contributed by atoms with Gasteiger partial charge in [0, 0.05) is 72.7 Å². The maximum atomic E-state index is 12.7. The number of carbonyl (C=O) groups is 1. The number of ether oxygens (including phenoxy) is 4. The molecule has 0 spiro atoms. The number of hydrogen-bond donors (Lipinski definition) is 1. The van der Waals surface area contributed by atoms with Crippen molar-refractivity contribution in [2.75, 3.05) is 120 Å². The molecule has 1 saturated heterocycles. The first-order valence-electron chi connectivity index (χ1n) is 14.5. The van der Waals surface area contributed by atoms with Gasteiger partial charge in [-0.15, -0.1) is 0 Å². The second-order valence-electron chi connectivity index (χ2n) is 9.39. The molecule has 230 valence electrons.